The van der Waals surface area contributed by atoms with Crippen molar-refractivity contribution in [3.8, 4) is 6.07 Å². The summed E-state index contributed by atoms with van der Waals surface area (Å²) in [7, 11) is 0. The van der Waals surface area contributed by atoms with Gasteiger partial charge in [0, 0.05) is 10.2 Å². The van der Waals surface area contributed by atoms with Crippen LogP contribution in [0.1, 0.15) is 5.56 Å². The van der Waals surface area contributed by atoms with Gasteiger partial charge in [0.2, 0.25) is 0 Å². The predicted molar refractivity (Wildman–Crippen MR) is 81.8 cm³/mol. The van der Waals surface area contributed by atoms with Gasteiger partial charge in [-0.25, -0.2) is 4.98 Å². The third-order valence-electron chi connectivity index (χ3n) is 2.71. The van der Waals surface area contributed by atoms with Crippen molar-refractivity contribution >= 4 is 48.9 Å². The van der Waals surface area contributed by atoms with E-state index in [4.69, 9.17) is 5.26 Å². The highest BCUT2D eigenvalue weighted by molar-refractivity contribution is 9.10. The zero-order chi connectivity index (χ0) is 13.2. The van der Waals surface area contributed by atoms with Crippen molar-refractivity contribution in [3.05, 3.63) is 51.9 Å². The number of nitrogens with zero attached hydrogens (tertiary/aromatic N) is 2. The number of nitrogens with one attached hydrogen (secondary N) is 1. The molecular weight excluding hydrogens is 322 g/mol. The first kappa shape index (κ1) is 12.2. The number of halogens is 1. The molecule has 0 aliphatic carbocycles. The minimum absolute atomic E-state index is 0.635. The van der Waals surface area contributed by atoms with Crippen LogP contribution in [0.15, 0.2) is 46.4 Å². The zero-order valence-electron chi connectivity index (χ0n) is 9.72. The molecule has 0 aliphatic rings. The number of rotatable bonds is 2. The van der Waals surface area contributed by atoms with Crippen LogP contribution in [0.5, 0.6) is 0 Å². The van der Waals surface area contributed by atoms with Crippen LogP contribution in [0.2, 0.25) is 0 Å². The summed E-state index contributed by atoms with van der Waals surface area (Å²) in [5.41, 5.74) is 5.42. The van der Waals surface area contributed by atoms with Gasteiger partial charge in [-0.3, -0.25) is 0 Å². The fraction of sp³-hybridized carbons (Fsp3) is 0. The van der Waals surface area contributed by atoms with Crippen molar-refractivity contribution in [2.45, 2.75) is 0 Å². The molecule has 0 unspecified atom stereocenters. The zero-order valence-corrected chi connectivity index (χ0v) is 12.1. The summed E-state index contributed by atoms with van der Waals surface area (Å²) < 4.78 is 2.02. The maximum absolute atomic E-state index is 8.84. The van der Waals surface area contributed by atoms with E-state index in [0.29, 0.717) is 5.56 Å². The Labute approximate surface area is 122 Å². The molecule has 0 spiro atoms. The van der Waals surface area contributed by atoms with Crippen molar-refractivity contribution in [2.24, 2.45) is 0 Å². The van der Waals surface area contributed by atoms with Crippen molar-refractivity contribution in [1.82, 2.24) is 4.98 Å². The number of hydrogen-bond donors (Lipinski definition) is 1. The third-order valence-corrected chi connectivity index (χ3v) is 4.16. The lowest BCUT2D eigenvalue weighted by atomic mass is 10.2. The minimum Gasteiger partial charge on any atom is -0.355 e. The van der Waals surface area contributed by atoms with Gasteiger partial charge in [0.15, 0.2) is 0 Å². The number of hydrogen-bond acceptors (Lipinski definition) is 4. The average Bonchev–Trinajstić information content (AvgIpc) is 2.88. The number of aromatic nitrogens is 1. The van der Waals surface area contributed by atoms with Crippen molar-refractivity contribution in [2.75, 3.05) is 5.32 Å². The fourth-order valence-corrected chi connectivity index (χ4v) is 2.97. The molecule has 0 fully saturated rings. The van der Waals surface area contributed by atoms with Crippen molar-refractivity contribution in [1.29, 1.82) is 5.26 Å². The number of benzene rings is 2. The highest BCUT2D eigenvalue weighted by Crippen LogP contribution is 2.29. The standard InChI is InChI=1S/C14H8BrN3S/c15-11-5-9(7-16)1-3-12(11)18-10-2-4-13-14(6-10)19-8-17-13/h1-6,8,18H. The van der Waals surface area contributed by atoms with E-state index in [1.807, 2.05) is 23.7 Å². The molecule has 1 heterocycles. The first-order chi connectivity index (χ1) is 9.26. The van der Waals surface area contributed by atoms with Gasteiger partial charge in [-0.1, -0.05) is 0 Å². The monoisotopic (exact) mass is 329 g/mol. The van der Waals surface area contributed by atoms with E-state index in [0.717, 1.165) is 26.1 Å². The molecule has 1 aromatic heterocycles. The summed E-state index contributed by atoms with van der Waals surface area (Å²) in [6.07, 6.45) is 0. The van der Waals surface area contributed by atoms with Crippen molar-refractivity contribution < 1.29 is 0 Å². The van der Waals surface area contributed by atoms with Crippen LogP contribution in [0.3, 0.4) is 0 Å². The summed E-state index contributed by atoms with van der Waals surface area (Å²) >= 11 is 5.08. The Morgan fingerprint density at radius 2 is 2.11 bits per heavy atom. The molecule has 0 radical (unpaired) electrons. The fourth-order valence-electron chi connectivity index (χ4n) is 1.77. The van der Waals surface area contributed by atoms with E-state index in [9.17, 15) is 0 Å². The Kier molecular flexibility index (Phi) is 3.20. The molecular formula is C14H8BrN3S. The molecule has 1 N–H and O–H groups in total. The Morgan fingerprint density at radius 3 is 2.89 bits per heavy atom. The molecule has 0 saturated carbocycles. The topological polar surface area (TPSA) is 48.7 Å². The highest BCUT2D eigenvalue weighted by Gasteiger charge is 2.03. The smallest absolute Gasteiger partial charge is 0.0992 e. The maximum atomic E-state index is 8.84. The van der Waals surface area contributed by atoms with Gasteiger partial charge in [0.1, 0.15) is 0 Å². The normalized spacial score (nSPS) is 10.3. The van der Waals surface area contributed by atoms with E-state index in [1.54, 1.807) is 23.5 Å². The van der Waals surface area contributed by atoms with Crippen LogP contribution < -0.4 is 5.32 Å². The molecule has 0 amide bonds. The molecule has 2 aromatic carbocycles. The van der Waals surface area contributed by atoms with Gasteiger partial charge in [-0.05, 0) is 52.3 Å². The number of nitriles is 1. The molecule has 92 valence electrons. The second-order valence-corrected chi connectivity index (χ2v) is 5.71. The maximum Gasteiger partial charge on any atom is 0.0992 e. The Hall–Kier alpha value is -1.90. The van der Waals surface area contributed by atoms with Gasteiger partial charge in [0.05, 0.1) is 33.0 Å². The number of thiazole rings is 1. The van der Waals surface area contributed by atoms with Gasteiger partial charge >= 0.3 is 0 Å². The SMILES string of the molecule is N#Cc1ccc(Nc2ccc3ncsc3c2)c(Br)c1. The van der Waals surface area contributed by atoms with Crippen LogP contribution in [0.25, 0.3) is 10.2 Å². The third kappa shape index (κ3) is 2.46. The second kappa shape index (κ2) is 5.00. The lowest BCUT2D eigenvalue weighted by Crippen LogP contribution is -1.91. The lowest BCUT2D eigenvalue weighted by molar-refractivity contribution is 1.46. The molecule has 3 nitrogen and oxygen atoms in total. The molecule has 0 atom stereocenters. The van der Waals surface area contributed by atoms with Crippen LogP contribution >= 0.6 is 27.3 Å². The molecule has 3 rings (SSSR count). The Bertz CT molecular complexity index is 789. The molecule has 3 aromatic rings. The van der Waals surface area contributed by atoms with Crippen molar-refractivity contribution in [3.63, 3.8) is 0 Å². The van der Waals surface area contributed by atoms with Gasteiger partial charge < -0.3 is 5.32 Å². The van der Waals surface area contributed by atoms with E-state index in [1.165, 1.54) is 0 Å². The lowest BCUT2D eigenvalue weighted by Gasteiger charge is -2.08. The van der Waals surface area contributed by atoms with Crippen LogP contribution in [0, 0.1) is 11.3 Å². The average molecular weight is 330 g/mol. The van der Waals surface area contributed by atoms with Gasteiger partial charge in [-0.15, -0.1) is 11.3 Å². The highest BCUT2D eigenvalue weighted by atomic mass is 79.9. The second-order valence-electron chi connectivity index (χ2n) is 3.97. The number of fused-ring (bicyclic) bond motifs is 1. The first-order valence-corrected chi connectivity index (χ1v) is 7.23. The summed E-state index contributed by atoms with van der Waals surface area (Å²) in [5.74, 6) is 0. The molecule has 0 aliphatic heterocycles. The molecule has 5 heteroatoms. The van der Waals surface area contributed by atoms with E-state index in [-0.39, 0.29) is 0 Å². The molecule has 0 saturated heterocycles. The largest absolute Gasteiger partial charge is 0.355 e. The van der Waals surface area contributed by atoms with Crippen LogP contribution in [-0.2, 0) is 0 Å². The number of anilines is 2. The van der Waals surface area contributed by atoms with E-state index >= 15 is 0 Å². The first-order valence-electron chi connectivity index (χ1n) is 5.56. The van der Waals surface area contributed by atoms with Crippen LogP contribution in [0.4, 0.5) is 11.4 Å². The van der Waals surface area contributed by atoms with E-state index < -0.39 is 0 Å². The Morgan fingerprint density at radius 1 is 1.21 bits per heavy atom. The summed E-state index contributed by atoms with van der Waals surface area (Å²) in [6, 6.07) is 13.6. The van der Waals surface area contributed by atoms with Crippen LogP contribution in [-0.4, -0.2) is 4.98 Å². The molecule has 0 bridgehead atoms. The quantitative estimate of drug-likeness (QED) is 0.742. The minimum atomic E-state index is 0.635. The molecule has 19 heavy (non-hydrogen) atoms. The van der Waals surface area contributed by atoms with Gasteiger partial charge in [-0.2, -0.15) is 5.26 Å². The summed E-state index contributed by atoms with van der Waals surface area (Å²) in [6.45, 7) is 0. The summed E-state index contributed by atoms with van der Waals surface area (Å²) in [4.78, 5) is 4.25. The van der Waals surface area contributed by atoms with Gasteiger partial charge in [0.25, 0.3) is 0 Å². The summed E-state index contributed by atoms with van der Waals surface area (Å²) in [5, 5.41) is 12.2. The van der Waals surface area contributed by atoms with E-state index in [2.05, 4.69) is 38.4 Å². The Balaban J connectivity index is 1.94. The predicted octanol–water partition coefficient (Wildman–Crippen LogP) is 4.67.